The maximum Gasteiger partial charge on any atom is 0.184 e. The van der Waals surface area contributed by atoms with Crippen molar-refractivity contribution in [1.29, 1.82) is 0 Å². The Labute approximate surface area is 135 Å². The van der Waals surface area contributed by atoms with Crippen molar-refractivity contribution in [2.75, 3.05) is 5.75 Å². The lowest BCUT2D eigenvalue weighted by molar-refractivity contribution is 0.596. The highest BCUT2D eigenvalue weighted by Crippen LogP contribution is 2.20. The molecule has 0 heterocycles. The van der Waals surface area contributed by atoms with Gasteiger partial charge in [-0.1, -0.05) is 30.3 Å². The van der Waals surface area contributed by atoms with Crippen molar-refractivity contribution in [2.24, 2.45) is 10.8 Å². The number of hydrogen-bond acceptors (Lipinski definition) is 4. The molecular weight excluding hydrogens is 318 g/mol. The van der Waals surface area contributed by atoms with E-state index in [0.29, 0.717) is 17.0 Å². The molecule has 0 aliphatic rings. The number of hydrogen-bond donors (Lipinski definition) is 2. The molecule has 0 aliphatic heterocycles. The third-order valence-corrected chi connectivity index (χ3v) is 4.97. The first kappa shape index (κ1) is 16.4. The second-order valence-corrected chi connectivity index (χ2v) is 7.45. The predicted molar refractivity (Wildman–Crippen MR) is 93.6 cm³/mol. The van der Waals surface area contributed by atoms with E-state index in [1.807, 2.05) is 30.3 Å². The molecule has 0 bridgehead atoms. The summed E-state index contributed by atoms with van der Waals surface area (Å²) in [5.74, 6) is -0.0142. The average molecular weight is 335 g/mol. The Morgan fingerprint density at radius 3 is 2.59 bits per heavy atom. The Hall–Kier alpha value is -1.99. The Bertz CT molecular complexity index is 830. The summed E-state index contributed by atoms with van der Waals surface area (Å²) in [5.41, 5.74) is 8.33. The Kier molecular flexibility index (Phi) is 5.10. The van der Waals surface area contributed by atoms with Gasteiger partial charge in [0.2, 0.25) is 0 Å². The molecule has 0 spiro atoms. The fraction of sp³-hybridized carbons (Fsp3) is 0.200. The van der Waals surface area contributed by atoms with E-state index in [4.69, 9.17) is 5.73 Å². The summed E-state index contributed by atoms with van der Waals surface area (Å²) in [7, 11) is -3.36. The lowest BCUT2D eigenvalue weighted by atomic mass is 10.1. The Morgan fingerprint density at radius 1 is 1.23 bits per heavy atom. The molecule has 3 N–H and O–H groups in total. The van der Waals surface area contributed by atoms with Gasteiger partial charge in [0.25, 0.3) is 0 Å². The second kappa shape index (κ2) is 6.85. The van der Waals surface area contributed by atoms with Crippen LogP contribution in [0.15, 0.2) is 52.5 Å². The third kappa shape index (κ3) is 4.25. The fourth-order valence-corrected chi connectivity index (χ4v) is 3.39. The van der Waals surface area contributed by atoms with E-state index < -0.39 is 9.84 Å². The molecule has 0 radical (unpaired) electrons. The highest BCUT2D eigenvalue weighted by molar-refractivity contribution is 7.91. The maximum absolute atomic E-state index is 12.4. The number of benzene rings is 2. The SMILES string of the molecule is CC(CCS(=O)(=O)c1ccc2ccccc2c1)=NNC(N)=S. The molecule has 0 unspecified atom stereocenters. The van der Waals surface area contributed by atoms with E-state index in [-0.39, 0.29) is 10.9 Å². The van der Waals surface area contributed by atoms with Gasteiger partial charge in [-0.3, -0.25) is 5.43 Å². The van der Waals surface area contributed by atoms with E-state index in [0.717, 1.165) is 10.8 Å². The molecule has 2 rings (SSSR count). The Balaban J connectivity index is 2.15. The minimum atomic E-state index is -3.36. The molecule has 0 amide bonds. The van der Waals surface area contributed by atoms with Crippen molar-refractivity contribution in [3.63, 3.8) is 0 Å². The number of sulfone groups is 1. The smallest absolute Gasteiger partial charge is 0.184 e. The van der Waals surface area contributed by atoms with Crippen LogP contribution < -0.4 is 11.2 Å². The topological polar surface area (TPSA) is 84.5 Å². The van der Waals surface area contributed by atoms with Crippen molar-refractivity contribution in [3.8, 4) is 0 Å². The van der Waals surface area contributed by atoms with E-state index in [9.17, 15) is 8.42 Å². The van der Waals surface area contributed by atoms with Crippen LogP contribution >= 0.6 is 12.2 Å². The average Bonchev–Trinajstić information content (AvgIpc) is 2.50. The van der Waals surface area contributed by atoms with Crippen molar-refractivity contribution in [2.45, 2.75) is 18.2 Å². The minimum absolute atomic E-state index is 0.0142. The summed E-state index contributed by atoms with van der Waals surface area (Å²) < 4.78 is 24.8. The van der Waals surface area contributed by atoms with Crippen molar-refractivity contribution >= 4 is 43.7 Å². The highest BCUT2D eigenvalue weighted by atomic mass is 32.2. The van der Waals surface area contributed by atoms with Gasteiger partial charge in [0.05, 0.1) is 10.6 Å². The number of nitrogens with one attached hydrogen (secondary N) is 1. The monoisotopic (exact) mass is 335 g/mol. The van der Waals surface area contributed by atoms with E-state index in [1.165, 1.54) is 0 Å². The summed E-state index contributed by atoms with van der Waals surface area (Å²) in [5, 5.41) is 5.88. The zero-order valence-corrected chi connectivity index (χ0v) is 13.7. The third-order valence-electron chi connectivity index (χ3n) is 3.17. The van der Waals surface area contributed by atoms with Crippen LogP contribution in [0.2, 0.25) is 0 Å². The van der Waals surface area contributed by atoms with Crippen LogP contribution in [0.5, 0.6) is 0 Å². The van der Waals surface area contributed by atoms with Gasteiger partial charge >= 0.3 is 0 Å². The van der Waals surface area contributed by atoms with Gasteiger partial charge in [0, 0.05) is 12.1 Å². The molecular formula is C15H17N3O2S2. The molecule has 116 valence electrons. The normalized spacial score (nSPS) is 12.3. The van der Waals surface area contributed by atoms with Crippen LogP contribution in [-0.4, -0.2) is 25.0 Å². The molecule has 0 fully saturated rings. The lowest BCUT2D eigenvalue weighted by Crippen LogP contribution is -2.25. The molecule has 0 saturated carbocycles. The maximum atomic E-state index is 12.4. The zero-order chi connectivity index (χ0) is 16.2. The first-order valence-electron chi connectivity index (χ1n) is 6.69. The van der Waals surface area contributed by atoms with Gasteiger partial charge in [0.15, 0.2) is 14.9 Å². The van der Waals surface area contributed by atoms with E-state index in [2.05, 4.69) is 22.7 Å². The van der Waals surface area contributed by atoms with Gasteiger partial charge in [-0.25, -0.2) is 8.42 Å². The van der Waals surface area contributed by atoms with Crippen LogP contribution in [0.4, 0.5) is 0 Å². The summed E-state index contributed by atoms with van der Waals surface area (Å²) in [6.07, 6.45) is 0.310. The number of nitrogens with two attached hydrogens (primary N) is 1. The number of fused-ring (bicyclic) bond motifs is 1. The lowest BCUT2D eigenvalue weighted by Gasteiger charge is -2.06. The summed E-state index contributed by atoms with van der Waals surface area (Å²) in [4.78, 5) is 0.321. The van der Waals surface area contributed by atoms with Crippen LogP contribution in [-0.2, 0) is 9.84 Å². The van der Waals surface area contributed by atoms with Crippen LogP contribution in [0, 0.1) is 0 Å². The number of thiocarbonyl (C=S) groups is 1. The van der Waals surface area contributed by atoms with Gasteiger partial charge < -0.3 is 5.73 Å². The van der Waals surface area contributed by atoms with E-state index in [1.54, 1.807) is 19.1 Å². The highest BCUT2D eigenvalue weighted by Gasteiger charge is 2.15. The molecule has 0 atom stereocenters. The molecule has 7 heteroatoms. The second-order valence-electron chi connectivity index (χ2n) is 4.90. The first-order chi connectivity index (χ1) is 10.4. The number of nitrogens with zero attached hydrogens (tertiary/aromatic N) is 1. The molecule has 2 aromatic carbocycles. The summed E-state index contributed by atoms with van der Waals surface area (Å²) >= 11 is 4.63. The summed E-state index contributed by atoms with van der Waals surface area (Å²) in [6, 6.07) is 12.8. The fourth-order valence-electron chi connectivity index (χ4n) is 1.97. The minimum Gasteiger partial charge on any atom is -0.375 e. The van der Waals surface area contributed by atoms with Crippen molar-refractivity contribution in [1.82, 2.24) is 5.43 Å². The molecule has 2 aromatic rings. The number of rotatable bonds is 5. The van der Waals surface area contributed by atoms with Gasteiger partial charge in [-0.2, -0.15) is 5.10 Å². The molecule has 22 heavy (non-hydrogen) atoms. The predicted octanol–water partition coefficient (Wildman–Crippen LogP) is 2.21. The summed E-state index contributed by atoms with van der Waals surface area (Å²) in [6.45, 7) is 1.72. The zero-order valence-electron chi connectivity index (χ0n) is 12.1. The van der Waals surface area contributed by atoms with Gasteiger partial charge in [-0.05, 0) is 42.0 Å². The quantitative estimate of drug-likeness (QED) is 0.497. The van der Waals surface area contributed by atoms with Gasteiger partial charge in [0.1, 0.15) is 0 Å². The molecule has 0 aromatic heterocycles. The first-order valence-corrected chi connectivity index (χ1v) is 8.75. The molecule has 0 aliphatic carbocycles. The molecule has 5 nitrogen and oxygen atoms in total. The van der Waals surface area contributed by atoms with Crippen LogP contribution in [0.1, 0.15) is 13.3 Å². The van der Waals surface area contributed by atoms with Crippen molar-refractivity contribution < 1.29 is 8.42 Å². The van der Waals surface area contributed by atoms with Crippen LogP contribution in [0.3, 0.4) is 0 Å². The molecule has 0 saturated heterocycles. The van der Waals surface area contributed by atoms with Crippen molar-refractivity contribution in [3.05, 3.63) is 42.5 Å². The van der Waals surface area contributed by atoms with Crippen LogP contribution in [0.25, 0.3) is 10.8 Å². The largest absolute Gasteiger partial charge is 0.375 e. The van der Waals surface area contributed by atoms with Gasteiger partial charge in [-0.15, -0.1) is 0 Å². The van der Waals surface area contributed by atoms with E-state index >= 15 is 0 Å². The number of hydrazone groups is 1. The Morgan fingerprint density at radius 2 is 1.91 bits per heavy atom. The standard InChI is InChI=1S/C15H17N3O2S2/c1-11(17-18-15(16)21)8-9-22(19,20)14-7-6-12-4-2-3-5-13(12)10-14/h2-7,10H,8-9H2,1H3,(H3,16,18,21).